The molecule has 0 amide bonds. The molecule has 0 aliphatic heterocycles. The minimum Gasteiger partial charge on any atom is -0.309 e. The second-order valence-corrected chi connectivity index (χ2v) is 7.90. The third kappa shape index (κ3) is 3.20. The van der Waals surface area contributed by atoms with Gasteiger partial charge in [0.2, 0.25) is 0 Å². The van der Waals surface area contributed by atoms with E-state index in [-0.39, 0.29) is 6.04 Å². The Bertz CT molecular complexity index is 503. The van der Waals surface area contributed by atoms with Crippen molar-refractivity contribution in [2.24, 2.45) is 0 Å². The molecule has 96 valence electrons. The molecule has 5 heteroatoms. The zero-order valence-corrected chi connectivity index (χ0v) is 14.8. The molecule has 2 aromatic rings. The number of rotatable bonds is 4. The molecule has 0 aliphatic rings. The lowest BCUT2D eigenvalue weighted by atomic mass is 10.1. The molecular formula is C13H13Br2NS2. The van der Waals surface area contributed by atoms with Gasteiger partial charge in [0.1, 0.15) is 0 Å². The van der Waals surface area contributed by atoms with Crippen LogP contribution >= 0.6 is 55.0 Å². The van der Waals surface area contributed by atoms with Gasteiger partial charge in [-0.2, -0.15) is 0 Å². The van der Waals surface area contributed by atoms with Gasteiger partial charge in [0, 0.05) is 14.2 Å². The molecule has 1 aromatic carbocycles. The van der Waals surface area contributed by atoms with E-state index >= 15 is 0 Å². The maximum Gasteiger partial charge on any atom is 0.0843 e. The van der Waals surface area contributed by atoms with Gasteiger partial charge in [-0.15, -0.1) is 23.1 Å². The highest BCUT2D eigenvalue weighted by Crippen LogP contribution is 2.37. The minimum atomic E-state index is 0.244. The molecule has 1 N–H and O–H groups in total. The van der Waals surface area contributed by atoms with E-state index in [9.17, 15) is 0 Å². The molecule has 0 bridgehead atoms. The lowest BCUT2D eigenvalue weighted by Crippen LogP contribution is -2.16. The van der Waals surface area contributed by atoms with Crippen LogP contribution in [0.25, 0.3) is 0 Å². The van der Waals surface area contributed by atoms with Gasteiger partial charge >= 0.3 is 0 Å². The van der Waals surface area contributed by atoms with E-state index in [4.69, 9.17) is 0 Å². The number of hydrogen-bond acceptors (Lipinski definition) is 3. The van der Waals surface area contributed by atoms with Crippen LogP contribution in [0.4, 0.5) is 0 Å². The molecule has 1 unspecified atom stereocenters. The summed E-state index contributed by atoms with van der Waals surface area (Å²) in [4.78, 5) is 2.59. The van der Waals surface area contributed by atoms with E-state index in [1.54, 1.807) is 23.1 Å². The maximum absolute atomic E-state index is 3.55. The van der Waals surface area contributed by atoms with Gasteiger partial charge in [0.05, 0.1) is 9.83 Å². The predicted molar refractivity (Wildman–Crippen MR) is 88.8 cm³/mol. The van der Waals surface area contributed by atoms with Crippen LogP contribution < -0.4 is 5.32 Å². The normalized spacial score (nSPS) is 12.7. The molecule has 0 fully saturated rings. The van der Waals surface area contributed by atoms with Crippen LogP contribution in [0.15, 0.2) is 43.5 Å². The number of halogens is 2. The van der Waals surface area contributed by atoms with Crippen LogP contribution in [0, 0.1) is 0 Å². The minimum absolute atomic E-state index is 0.244. The molecule has 0 saturated carbocycles. The summed E-state index contributed by atoms with van der Waals surface area (Å²) in [5.74, 6) is 0. The van der Waals surface area contributed by atoms with Crippen molar-refractivity contribution in [2.45, 2.75) is 10.9 Å². The van der Waals surface area contributed by atoms with Crippen LogP contribution in [-0.4, -0.2) is 13.3 Å². The van der Waals surface area contributed by atoms with Crippen molar-refractivity contribution in [1.82, 2.24) is 5.32 Å². The smallest absolute Gasteiger partial charge is 0.0843 e. The highest BCUT2D eigenvalue weighted by molar-refractivity contribution is 9.13. The van der Waals surface area contributed by atoms with E-state index in [1.165, 1.54) is 15.3 Å². The number of nitrogens with one attached hydrogen (secondary N) is 1. The summed E-state index contributed by atoms with van der Waals surface area (Å²) in [7, 11) is 1.99. The largest absolute Gasteiger partial charge is 0.309 e. The first-order valence-electron chi connectivity index (χ1n) is 5.41. The zero-order chi connectivity index (χ0) is 13.1. The molecule has 1 heterocycles. The van der Waals surface area contributed by atoms with Gasteiger partial charge < -0.3 is 5.32 Å². The van der Waals surface area contributed by atoms with Crippen molar-refractivity contribution < 1.29 is 0 Å². The first kappa shape index (κ1) is 14.6. The molecular weight excluding hydrogens is 394 g/mol. The van der Waals surface area contributed by atoms with Crippen molar-refractivity contribution in [2.75, 3.05) is 13.3 Å². The Kier molecular flexibility index (Phi) is 5.33. The Hall–Kier alpha value is 0.190. The van der Waals surface area contributed by atoms with Gasteiger partial charge in [-0.05, 0) is 68.9 Å². The van der Waals surface area contributed by atoms with Crippen LogP contribution in [0.3, 0.4) is 0 Å². The Morgan fingerprint density at radius 1 is 1.22 bits per heavy atom. The fourth-order valence-electron chi connectivity index (χ4n) is 1.78. The fraction of sp³-hybridized carbons (Fsp3) is 0.231. The average molecular weight is 407 g/mol. The molecule has 1 aromatic heterocycles. The molecule has 0 aliphatic carbocycles. The summed E-state index contributed by atoms with van der Waals surface area (Å²) in [5.41, 5.74) is 1.29. The van der Waals surface area contributed by atoms with Gasteiger partial charge in [0.25, 0.3) is 0 Å². The SMILES string of the molecule is CNC(c1ccc(SC)cc1)c1cc(Br)c(Br)s1. The Labute approximate surface area is 133 Å². The van der Waals surface area contributed by atoms with E-state index in [0.717, 1.165) is 8.26 Å². The lowest BCUT2D eigenvalue weighted by Gasteiger charge is -2.15. The van der Waals surface area contributed by atoms with Crippen LogP contribution in [-0.2, 0) is 0 Å². The van der Waals surface area contributed by atoms with Gasteiger partial charge in [-0.25, -0.2) is 0 Å². The average Bonchev–Trinajstić information content (AvgIpc) is 2.71. The van der Waals surface area contributed by atoms with Gasteiger partial charge in [-0.3, -0.25) is 0 Å². The van der Waals surface area contributed by atoms with Crippen LogP contribution in [0.1, 0.15) is 16.5 Å². The number of thioether (sulfide) groups is 1. The van der Waals surface area contributed by atoms with Crippen LogP contribution in [0.2, 0.25) is 0 Å². The zero-order valence-electron chi connectivity index (χ0n) is 10.0. The van der Waals surface area contributed by atoms with Gasteiger partial charge in [0.15, 0.2) is 0 Å². The summed E-state index contributed by atoms with van der Waals surface area (Å²) in [6.07, 6.45) is 2.10. The molecule has 1 atom stereocenters. The molecule has 0 spiro atoms. The Morgan fingerprint density at radius 2 is 1.89 bits per heavy atom. The topological polar surface area (TPSA) is 12.0 Å². The standard InChI is InChI=1S/C13H13Br2NS2/c1-16-12(11-7-10(14)13(15)18-11)8-3-5-9(17-2)6-4-8/h3-7,12,16H,1-2H3. The second kappa shape index (κ2) is 6.57. The Balaban J connectivity index is 2.32. The highest BCUT2D eigenvalue weighted by Gasteiger charge is 2.16. The monoisotopic (exact) mass is 405 g/mol. The van der Waals surface area contributed by atoms with Crippen LogP contribution in [0.5, 0.6) is 0 Å². The van der Waals surface area contributed by atoms with E-state index < -0.39 is 0 Å². The lowest BCUT2D eigenvalue weighted by molar-refractivity contribution is 0.703. The van der Waals surface area contributed by atoms with Crippen molar-refractivity contribution in [3.8, 4) is 0 Å². The third-order valence-corrected chi connectivity index (χ3v) is 6.75. The summed E-state index contributed by atoms with van der Waals surface area (Å²) in [6.45, 7) is 0. The quantitative estimate of drug-likeness (QED) is 0.691. The number of thiophene rings is 1. The third-order valence-electron chi connectivity index (χ3n) is 2.69. The van der Waals surface area contributed by atoms with E-state index in [1.807, 2.05) is 7.05 Å². The maximum atomic E-state index is 3.55. The van der Waals surface area contributed by atoms with Gasteiger partial charge in [-0.1, -0.05) is 12.1 Å². The summed E-state index contributed by atoms with van der Waals surface area (Å²) in [5, 5.41) is 3.37. The van der Waals surface area contributed by atoms with Crippen molar-refractivity contribution >= 4 is 55.0 Å². The first-order valence-corrected chi connectivity index (χ1v) is 9.04. The molecule has 2 rings (SSSR count). The van der Waals surface area contributed by atoms with E-state index in [2.05, 4.69) is 73.8 Å². The number of benzene rings is 1. The fourth-order valence-corrected chi connectivity index (χ4v) is 4.41. The van der Waals surface area contributed by atoms with Crippen molar-refractivity contribution in [1.29, 1.82) is 0 Å². The Morgan fingerprint density at radius 3 is 2.33 bits per heavy atom. The molecule has 0 saturated heterocycles. The summed E-state index contributed by atoms with van der Waals surface area (Å²) >= 11 is 10.6. The summed E-state index contributed by atoms with van der Waals surface area (Å²) in [6, 6.07) is 11.1. The van der Waals surface area contributed by atoms with Crippen molar-refractivity contribution in [3.05, 3.63) is 49.0 Å². The molecule has 1 nitrogen and oxygen atoms in total. The van der Waals surface area contributed by atoms with Crippen molar-refractivity contribution in [3.63, 3.8) is 0 Å². The van der Waals surface area contributed by atoms with E-state index in [0.29, 0.717) is 0 Å². The highest BCUT2D eigenvalue weighted by atomic mass is 79.9. The first-order chi connectivity index (χ1) is 8.65. The summed E-state index contributed by atoms with van der Waals surface area (Å²) < 4.78 is 2.25. The second-order valence-electron chi connectivity index (χ2n) is 3.77. The molecule has 0 radical (unpaired) electrons. The number of hydrogen-bond donors (Lipinski definition) is 1. The molecule has 18 heavy (non-hydrogen) atoms. The predicted octanol–water partition coefficient (Wildman–Crippen LogP) is 5.30.